The summed E-state index contributed by atoms with van der Waals surface area (Å²) in [6.45, 7) is 1.90. The minimum Gasteiger partial charge on any atom is -0.487 e. The average Bonchev–Trinajstić information content (AvgIpc) is 3.18. The third kappa shape index (κ3) is 4.63. The second kappa shape index (κ2) is 7.55. The van der Waals surface area contributed by atoms with Crippen LogP contribution in [0.5, 0.6) is 11.6 Å². The van der Waals surface area contributed by atoms with Gasteiger partial charge in [-0.05, 0) is 30.7 Å². The molecule has 0 bridgehead atoms. The molecule has 1 aliphatic rings. The number of nitrogens with one attached hydrogen (secondary N) is 1. The Balaban J connectivity index is 1.90. The molecule has 1 aromatic carbocycles. The van der Waals surface area contributed by atoms with Crippen LogP contribution in [0.3, 0.4) is 0 Å². The zero-order valence-electron chi connectivity index (χ0n) is 14.5. The number of allylic oxidation sites excluding steroid dienone is 2. The highest BCUT2D eigenvalue weighted by molar-refractivity contribution is 7.87. The van der Waals surface area contributed by atoms with E-state index in [4.69, 9.17) is 4.74 Å². The van der Waals surface area contributed by atoms with Crippen molar-refractivity contribution in [2.75, 3.05) is 0 Å². The van der Waals surface area contributed by atoms with Crippen molar-refractivity contribution in [1.82, 2.24) is 4.98 Å². The quantitative estimate of drug-likeness (QED) is 0.570. The van der Waals surface area contributed by atoms with Crippen LogP contribution in [-0.4, -0.2) is 24.6 Å². The predicted octanol–water partition coefficient (Wildman–Crippen LogP) is 4.19. The van der Waals surface area contributed by atoms with E-state index in [1.807, 2.05) is 30.3 Å². The first-order valence-corrected chi connectivity index (χ1v) is 9.40. The van der Waals surface area contributed by atoms with Crippen LogP contribution in [0.4, 0.5) is 13.2 Å². The number of H-pyrrole nitrogens is 1. The Morgan fingerprint density at radius 1 is 1.18 bits per heavy atom. The number of ether oxygens (including phenoxy) is 1. The molecular formula is C18H15F3N2O4S. The Morgan fingerprint density at radius 2 is 1.89 bits per heavy atom. The summed E-state index contributed by atoms with van der Waals surface area (Å²) < 4.78 is 70.0. The van der Waals surface area contributed by atoms with Crippen LogP contribution in [-0.2, 0) is 16.7 Å². The van der Waals surface area contributed by atoms with Crippen molar-refractivity contribution in [3.05, 3.63) is 65.5 Å². The van der Waals surface area contributed by atoms with Crippen molar-refractivity contribution >= 4 is 21.9 Å². The zero-order chi connectivity index (χ0) is 20.4. The van der Waals surface area contributed by atoms with Gasteiger partial charge in [0.2, 0.25) is 5.88 Å². The van der Waals surface area contributed by atoms with Gasteiger partial charge in [-0.1, -0.05) is 30.3 Å². The molecule has 0 radical (unpaired) electrons. The Kier molecular flexibility index (Phi) is 5.32. The van der Waals surface area contributed by atoms with Crippen molar-refractivity contribution in [2.24, 2.45) is 4.99 Å². The number of alkyl halides is 3. The lowest BCUT2D eigenvalue weighted by atomic mass is 10.2. The van der Waals surface area contributed by atoms with Gasteiger partial charge in [-0.25, -0.2) is 0 Å². The maximum absolute atomic E-state index is 12.6. The summed E-state index contributed by atoms with van der Waals surface area (Å²) in [5, 5.41) is 0. The van der Waals surface area contributed by atoms with Gasteiger partial charge in [0.25, 0.3) is 0 Å². The summed E-state index contributed by atoms with van der Waals surface area (Å²) in [6.07, 6.45) is 4.97. The van der Waals surface area contributed by atoms with E-state index in [0.29, 0.717) is 5.70 Å². The molecule has 3 rings (SSSR count). The number of hydrogen-bond donors (Lipinski definition) is 1. The van der Waals surface area contributed by atoms with Crippen molar-refractivity contribution in [1.29, 1.82) is 0 Å². The summed E-state index contributed by atoms with van der Waals surface area (Å²) >= 11 is 0. The molecule has 0 fully saturated rings. The minimum atomic E-state index is -5.81. The molecule has 148 valence electrons. The van der Waals surface area contributed by atoms with E-state index < -0.39 is 21.5 Å². The number of hydrogen-bond acceptors (Lipinski definition) is 5. The first-order valence-electron chi connectivity index (χ1n) is 7.99. The second-order valence-electron chi connectivity index (χ2n) is 5.82. The number of halogens is 3. The molecule has 0 unspecified atom stereocenters. The number of aromatic amines is 1. The molecule has 10 heteroatoms. The standard InChI is InChI=1S/C18H15F3N2O4S/c1-12-7-8-14(22-12)9-15-16(26-11-13-5-3-2-4-6-13)10-17(23-15)27-28(24,25)18(19,20)21/h2-10,23H,11H2,1H3/b14-9-. The van der Waals surface area contributed by atoms with Crippen molar-refractivity contribution in [3.63, 3.8) is 0 Å². The molecule has 0 amide bonds. The van der Waals surface area contributed by atoms with Crippen molar-refractivity contribution < 1.29 is 30.5 Å². The van der Waals surface area contributed by atoms with Crippen LogP contribution in [0.15, 0.2) is 59.2 Å². The fourth-order valence-electron chi connectivity index (χ4n) is 2.31. The molecule has 2 heterocycles. The number of aromatic nitrogens is 1. The third-order valence-corrected chi connectivity index (χ3v) is 4.56. The maximum atomic E-state index is 12.6. The van der Waals surface area contributed by atoms with E-state index in [-0.39, 0.29) is 18.1 Å². The minimum absolute atomic E-state index is 0.122. The number of aliphatic imine (C=N–C) groups is 1. The molecular weight excluding hydrogens is 397 g/mol. The summed E-state index contributed by atoms with van der Waals surface area (Å²) in [5.41, 5.74) is -3.23. The summed E-state index contributed by atoms with van der Waals surface area (Å²) in [6, 6.07) is 10.1. The van der Waals surface area contributed by atoms with Gasteiger partial charge in [-0.15, -0.1) is 0 Å². The molecule has 0 saturated heterocycles. The second-order valence-corrected chi connectivity index (χ2v) is 7.36. The zero-order valence-corrected chi connectivity index (χ0v) is 15.3. The normalized spacial score (nSPS) is 15.7. The largest absolute Gasteiger partial charge is 0.534 e. The fraction of sp³-hybridized carbons (Fsp3) is 0.167. The highest BCUT2D eigenvalue weighted by Crippen LogP contribution is 2.32. The average molecular weight is 412 g/mol. The van der Waals surface area contributed by atoms with E-state index in [0.717, 1.165) is 17.3 Å². The van der Waals surface area contributed by atoms with Gasteiger partial charge in [0.05, 0.1) is 11.4 Å². The third-order valence-electron chi connectivity index (χ3n) is 3.60. The van der Waals surface area contributed by atoms with Crippen LogP contribution >= 0.6 is 0 Å². The topological polar surface area (TPSA) is 80.8 Å². The number of nitrogens with zero attached hydrogens (tertiary/aromatic N) is 1. The van der Waals surface area contributed by atoms with Crippen LogP contribution < -0.4 is 8.92 Å². The Morgan fingerprint density at radius 3 is 2.50 bits per heavy atom. The molecule has 1 aromatic heterocycles. The lowest BCUT2D eigenvalue weighted by Gasteiger charge is -2.07. The first kappa shape index (κ1) is 19.7. The molecule has 0 spiro atoms. The van der Waals surface area contributed by atoms with Crippen LogP contribution in [0.2, 0.25) is 0 Å². The molecule has 6 nitrogen and oxygen atoms in total. The van der Waals surface area contributed by atoms with Crippen LogP contribution in [0.25, 0.3) is 6.08 Å². The summed E-state index contributed by atoms with van der Waals surface area (Å²) in [4.78, 5) is 6.70. The Labute approximate surface area is 159 Å². The predicted molar refractivity (Wildman–Crippen MR) is 97.4 cm³/mol. The molecule has 0 atom stereocenters. The molecule has 1 N–H and O–H groups in total. The van der Waals surface area contributed by atoms with E-state index in [1.165, 1.54) is 6.08 Å². The van der Waals surface area contributed by atoms with Crippen molar-refractivity contribution in [2.45, 2.75) is 19.0 Å². The van der Waals surface area contributed by atoms with E-state index >= 15 is 0 Å². The highest BCUT2D eigenvalue weighted by Gasteiger charge is 2.49. The van der Waals surface area contributed by atoms with Gasteiger partial charge >= 0.3 is 15.6 Å². The molecule has 0 aliphatic carbocycles. The van der Waals surface area contributed by atoms with E-state index in [2.05, 4.69) is 14.2 Å². The smallest absolute Gasteiger partial charge is 0.487 e. The fourth-order valence-corrected chi connectivity index (χ4v) is 2.73. The van der Waals surface area contributed by atoms with Gasteiger partial charge in [0, 0.05) is 11.8 Å². The van der Waals surface area contributed by atoms with Crippen molar-refractivity contribution in [3.8, 4) is 11.6 Å². The Hall–Kier alpha value is -3.01. The molecule has 2 aromatic rings. The van der Waals surface area contributed by atoms with Gasteiger partial charge in [0.15, 0.2) is 0 Å². The Bertz CT molecular complexity index is 1050. The summed E-state index contributed by atoms with van der Waals surface area (Å²) in [5.74, 6) is -0.494. The maximum Gasteiger partial charge on any atom is 0.534 e. The highest BCUT2D eigenvalue weighted by atomic mass is 32.2. The number of benzene rings is 1. The molecule has 1 aliphatic heterocycles. The van der Waals surface area contributed by atoms with Gasteiger partial charge < -0.3 is 13.9 Å². The molecule has 28 heavy (non-hydrogen) atoms. The lowest BCUT2D eigenvalue weighted by Crippen LogP contribution is -2.28. The SMILES string of the molecule is CC1=N/C(=C\c2[nH]c(OS(=O)(=O)C(F)(F)F)cc2OCc2ccccc2)C=C1. The lowest BCUT2D eigenvalue weighted by molar-refractivity contribution is -0.0501. The van der Waals surface area contributed by atoms with Crippen LogP contribution in [0, 0.1) is 0 Å². The summed E-state index contributed by atoms with van der Waals surface area (Å²) in [7, 11) is -5.81. The first-order chi connectivity index (χ1) is 13.1. The van der Waals surface area contributed by atoms with E-state index in [9.17, 15) is 21.6 Å². The molecule has 0 saturated carbocycles. The monoisotopic (exact) mass is 412 g/mol. The van der Waals surface area contributed by atoms with Gasteiger partial charge in [-0.3, -0.25) is 4.99 Å². The van der Waals surface area contributed by atoms with E-state index in [1.54, 1.807) is 19.1 Å². The van der Waals surface area contributed by atoms with Crippen LogP contribution in [0.1, 0.15) is 18.2 Å². The number of rotatable bonds is 6. The van der Waals surface area contributed by atoms with Gasteiger partial charge in [0.1, 0.15) is 12.4 Å². The van der Waals surface area contributed by atoms with Gasteiger partial charge in [-0.2, -0.15) is 21.6 Å².